The van der Waals surface area contributed by atoms with Gasteiger partial charge in [0.05, 0.1) is 13.7 Å². The summed E-state index contributed by atoms with van der Waals surface area (Å²) in [5.74, 6) is 0.976. The van der Waals surface area contributed by atoms with Crippen molar-refractivity contribution in [2.24, 2.45) is 0 Å². The van der Waals surface area contributed by atoms with Crippen LogP contribution >= 0.6 is 0 Å². The molecule has 162 valence electrons. The van der Waals surface area contributed by atoms with Gasteiger partial charge < -0.3 is 9.47 Å². The maximum atomic E-state index is 5.60. The fourth-order valence-electron chi connectivity index (χ4n) is 3.60. The molecule has 0 aliphatic rings. The van der Waals surface area contributed by atoms with Crippen LogP contribution in [-0.2, 0) is 29.6 Å². The number of hydrogen-bond donors (Lipinski definition) is 0. The van der Waals surface area contributed by atoms with Crippen LogP contribution in [0.2, 0.25) is 0 Å². The van der Waals surface area contributed by atoms with Crippen LogP contribution in [0.5, 0.6) is 5.75 Å². The van der Waals surface area contributed by atoms with E-state index in [0.717, 1.165) is 18.6 Å². The molecule has 0 heterocycles. The van der Waals surface area contributed by atoms with E-state index < -0.39 is 0 Å². The van der Waals surface area contributed by atoms with Gasteiger partial charge in [-0.15, -0.1) is 0 Å². The van der Waals surface area contributed by atoms with E-state index in [0.29, 0.717) is 6.61 Å². The molecule has 3 aromatic carbocycles. The monoisotopic (exact) mass is 414 g/mol. The van der Waals surface area contributed by atoms with Crippen LogP contribution in [0.25, 0.3) is 12.2 Å². The molecule has 31 heavy (non-hydrogen) atoms. The van der Waals surface area contributed by atoms with Gasteiger partial charge in [-0.1, -0.05) is 93.6 Å². The molecule has 0 spiro atoms. The summed E-state index contributed by atoms with van der Waals surface area (Å²) >= 11 is 0. The minimum Gasteiger partial charge on any atom is -0.496 e. The summed E-state index contributed by atoms with van der Waals surface area (Å²) in [6.07, 6.45) is 6.27. The molecule has 0 saturated heterocycles. The summed E-state index contributed by atoms with van der Waals surface area (Å²) in [5.41, 5.74) is 7.68. The van der Waals surface area contributed by atoms with Crippen LogP contribution in [0.1, 0.15) is 54.2 Å². The van der Waals surface area contributed by atoms with Crippen molar-refractivity contribution in [2.75, 3.05) is 14.2 Å². The maximum Gasteiger partial charge on any atom is 0.122 e. The van der Waals surface area contributed by atoms with Crippen molar-refractivity contribution in [3.63, 3.8) is 0 Å². The highest BCUT2D eigenvalue weighted by Crippen LogP contribution is 2.29. The van der Waals surface area contributed by atoms with Crippen molar-refractivity contribution in [3.05, 3.63) is 100 Å². The molecule has 0 saturated carbocycles. The van der Waals surface area contributed by atoms with Crippen LogP contribution in [0.15, 0.2) is 66.7 Å². The molecule has 0 amide bonds. The molecule has 0 fully saturated rings. The summed E-state index contributed by atoms with van der Waals surface area (Å²) in [5, 5.41) is 0. The summed E-state index contributed by atoms with van der Waals surface area (Å²) in [6, 6.07) is 23.9. The van der Waals surface area contributed by atoms with Crippen LogP contribution in [0.4, 0.5) is 0 Å². The third-order valence-electron chi connectivity index (χ3n) is 5.57. The van der Waals surface area contributed by atoms with E-state index in [1.54, 1.807) is 14.2 Å². The average Bonchev–Trinajstić information content (AvgIpc) is 2.77. The Bertz CT molecular complexity index is 990. The lowest BCUT2D eigenvalue weighted by atomic mass is 9.85. The number of aryl methyl sites for hydroxylation is 2. The molecule has 3 rings (SSSR count). The molecule has 0 radical (unpaired) electrons. The second-order valence-electron chi connectivity index (χ2n) is 9.03. The van der Waals surface area contributed by atoms with Gasteiger partial charge in [0.15, 0.2) is 0 Å². The van der Waals surface area contributed by atoms with Crippen molar-refractivity contribution < 1.29 is 9.47 Å². The Morgan fingerprint density at radius 2 is 1.29 bits per heavy atom. The molecular formula is C29H34O2. The molecule has 0 aliphatic carbocycles. The van der Waals surface area contributed by atoms with E-state index in [1.807, 2.05) is 0 Å². The van der Waals surface area contributed by atoms with Crippen molar-refractivity contribution >= 4 is 12.2 Å². The standard InChI is InChI=1S/C29H34O2/c1-29(2,3)27-18-19-28(31-5)26(20-27)17-16-24-10-8-22(9-11-24)6-7-23-12-14-25(15-13-23)21-30-4/h6-15,18-20H,16-17,21H2,1-5H3/b7-6+. The minimum absolute atomic E-state index is 0.138. The first-order chi connectivity index (χ1) is 14.9. The molecule has 0 aromatic heterocycles. The summed E-state index contributed by atoms with van der Waals surface area (Å²) in [4.78, 5) is 0. The number of methoxy groups -OCH3 is 2. The van der Waals surface area contributed by atoms with Gasteiger partial charge in [-0.2, -0.15) is 0 Å². The molecule has 2 nitrogen and oxygen atoms in total. The van der Waals surface area contributed by atoms with E-state index >= 15 is 0 Å². The lowest BCUT2D eigenvalue weighted by Gasteiger charge is -2.21. The van der Waals surface area contributed by atoms with Crippen LogP contribution in [0, 0.1) is 0 Å². The van der Waals surface area contributed by atoms with Gasteiger partial charge in [0.25, 0.3) is 0 Å². The normalized spacial score (nSPS) is 11.8. The molecular weight excluding hydrogens is 380 g/mol. The van der Waals surface area contributed by atoms with Crippen molar-refractivity contribution in [1.82, 2.24) is 0 Å². The zero-order chi connectivity index (χ0) is 22.3. The predicted molar refractivity (Wildman–Crippen MR) is 132 cm³/mol. The molecule has 2 heteroatoms. The first kappa shape index (κ1) is 22.8. The number of benzene rings is 3. The summed E-state index contributed by atoms with van der Waals surface area (Å²) in [6.45, 7) is 7.40. The molecule has 0 N–H and O–H groups in total. The fraction of sp³-hybridized carbons (Fsp3) is 0.310. The largest absolute Gasteiger partial charge is 0.496 e. The van der Waals surface area contributed by atoms with Gasteiger partial charge in [0, 0.05) is 7.11 Å². The van der Waals surface area contributed by atoms with E-state index in [-0.39, 0.29) is 5.41 Å². The SMILES string of the molecule is COCc1ccc(/C=C/c2ccc(CCc3cc(C(C)(C)C)ccc3OC)cc2)cc1. The third-order valence-corrected chi connectivity index (χ3v) is 5.57. The topological polar surface area (TPSA) is 18.5 Å². The molecule has 0 aliphatic heterocycles. The van der Waals surface area contributed by atoms with Gasteiger partial charge in [-0.05, 0) is 57.7 Å². The fourth-order valence-corrected chi connectivity index (χ4v) is 3.60. The van der Waals surface area contributed by atoms with E-state index in [1.165, 1.54) is 33.4 Å². The van der Waals surface area contributed by atoms with Gasteiger partial charge >= 0.3 is 0 Å². The lowest BCUT2D eigenvalue weighted by Crippen LogP contribution is -2.11. The Labute approximate surface area is 187 Å². The maximum absolute atomic E-state index is 5.60. The number of ether oxygens (including phenoxy) is 2. The second-order valence-corrected chi connectivity index (χ2v) is 9.03. The first-order valence-electron chi connectivity index (χ1n) is 10.9. The lowest BCUT2D eigenvalue weighted by molar-refractivity contribution is 0.185. The smallest absolute Gasteiger partial charge is 0.122 e. The zero-order valence-corrected chi connectivity index (χ0v) is 19.4. The highest BCUT2D eigenvalue weighted by Gasteiger charge is 2.15. The highest BCUT2D eigenvalue weighted by atomic mass is 16.5. The van der Waals surface area contributed by atoms with Crippen LogP contribution in [-0.4, -0.2) is 14.2 Å². The van der Waals surface area contributed by atoms with Crippen molar-refractivity contribution in [1.29, 1.82) is 0 Å². The number of rotatable bonds is 8. The van der Waals surface area contributed by atoms with Gasteiger partial charge in [0.2, 0.25) is 0 Å². The Balaban J connectivity index is 1.63. The van der Waals surface area contributed by atoms with Gasteiger partial charge in [-0.25, -0.2) is 0 Å². The highest BCUT2D eigenvalue weighted by molar-refractivity contribution is 5.69. The summed E-state index contributed by atoms with van der Waals surface area (Å²) in [7, 11) is 3.47. The summed E-state index contributed by atoms with van der Waals surface area (Å²) < 4.78 is 10.8. The van der Waals surface area contributed by atoms with Crippen molar-refractivity contribution in [3.8, 4) is 5.75 Å². The Hall–Kier alpha value is -2.84. The quantitative estimate of drug-likeness (QED) is 0.366. The Morgan fingerprint density at radius 3 is 1.81 bits per heavy atom. The first-order valence-corrected chi connectivity index (χ1v) is 10.9. The molecule has 0 bridgehead atoms. The van der Waals surface area contributed by atoms with Gasteiger partial charge in [0.1, 0.15) is 5.75 Å². The van der Waals surface area contributed by atoms with Gasteiger partial charge in [-0.3, -0.25) is 0 Å². The molecule has 0 unspecified atom stereocenters. The molecule has 0 atom stereocenters. The van der Waals surface area contributed by atoms with E-state index in [9.17, 15) is 0 Å². The van der Waals surface area contributed by atoms with Crippen LogP contribution < -0.4 is 4.74 Å². The second kappa shape index (κ2) is 10.5. The number of hydrogen-bond acceptors (Lipinski definition) is 2. The van der Waals surface area contributed by atoms with E-state index in [2.05, 4.69) is 99.7 Å². The zero-order valence-electron chi connectivity index (χ0n) is 19.4. The predicted octanol–water partition coefficient (Wildman–Crippen LogP) is 7.09. The molecule has 3 aromatic rings. The third kappa shape index (κ3) is 6.57. The van der Waals surface area contributed by atoms with E-state index in [4.69, 9.17) is 9.47 Å². The van der Waals surface area contributed by atoms with Crippen LogP contribution in [0.3, 0.4) is 0 Å². The Kier molecular flexibility index (Phi) is 7.70. The van der Waals surface area contributed by atoms with Crippen molar-refractivity contribution in [2.45, 2.75) is 45.6 Å². The average molecular weight is 415 g/mol. The minimum atomic E-state index is 0.138. The Morgan fingerprint density at radius 1 is 0.710 bits per heavy atom.